The van der Waals surface area contributed by atoms with E-state index in [0.717, 1.165) is 16.8 Å². The third-order valence-corrected chi connectivity index (χ3v) is 6.88. The highest BCUT2D eigenvalue weighted by Crippen LogP contribution is 2.47. The van der Waals surface area contributed by atoms with Crippen LogP contribution in [0.2, 0.25) is 0 Å². The molecule has 2 aliphatic heterocycles. The van der Waals surface area contributed by atoms with Crippen LogP contribution in [-0.2, 0) is 16.6 Å². The van der Waals surface area contributed by atoms with E-state index >= 15 is 0 Å². The van der Waals surface area contributed by atoms with Gasteiger partial charge < -0.3 is 9.47 Å². The molecule has 8 nitrogen and oxygen atoms in total. The number of aryl methyl sites for hydroxylation is 1. The fourth-order valence-corrected chi connectivity index (χ4v) is 5.32. The van der Waals surface area contributed by atoms with Gasteiger partial charge in [0.15, 0.2) is 4.80 Å². The van der Waals surface area contributed by atoms with Crippen molar-refractivity contribution < 1.29 is 14.3 Å². The van der Waals surface area contributed by atoms with Crippen LogP contribution in [0.25, 0.3) is 6.08 Å². The van der Waals surface area contributed by atoms with Crippen LogP contribution in [0.4, 0.5) is 0 Å². The van der Waals surface area contributed by atoms with Gasteiger partial charge >= 0.3 is 5.97 Å². The Balaban J connectivity index is 1.81. The molecule has 0 radical (unpaired) electrons. The second-order valence-electron chi connectivity index (χ2n) is 7.63. The fourth-order valence-electron chi connectivity index (χ4n) is 4.23. The first-order valence-corrected chi connectivity index (χ1v) is 10.3. The van der Waals surface area contributed by atoms with Crippen molar-refractivity contribution in [2.75, 3.05) is 7.11 Å². The average molecular weight is 424 g/mol. The second kappa shape index (κ2) is 6.40. The normalized spacial score (nSPS) is 24.5. The largest absolute Gasteiger partial charge is 0.469 e. The van der Waals surface area contributed by atoms with Gasteiger partial charge in [-0.1, -0.05) is 29.5 Å². The second-order valence-corrected chi connectivity index (χ2v) is 8.64. The highest BCUT2D eigenvalue weighted by atomic mass is 32.1. The van der Waals surface area contributed by atoms with Gasteiger partial charge in [-0.3, -0.25) is 18.8 Å². The summed E-state index contributed by atoms with van der Waals surface area (Å²) in [5.74, 6) is -0.616. The van der Waals surface area contributed by atoms with Crippen molar-refractivity contribution in [1.82, 2.24) is 14.3 Å². The molecule has 0 N–H and O–H groups in total. The van der Waals surface area contributed by atoms with E-state index in [4.69, 9.17) is 14.5 Å². The van der Waals surface area contributed by atoms with Gasteiger partial charge in [0.05, 0.1) is 23.9 Å². The van der Waals surface area contributed by atoms with Crippen molar-refractivity contribution >= 4 is 23.4 Å². The maximum Gasteiger partial charge on any atom is 0.317 e. The summed E-state index contributed by atoms with van der Waals surface area (Å²) in [5, 5.41) is 4.24. The summed E-state index contributed by atoms with van der Waals surface area (Å²) in [4.78, 5) is 31.5. The number of nitrogens with zero attached hydrogens (tertiary/aromatic N) is 4. The third kappa shape index (κ3) is 2.51. The van der Waals surface area contributed by atoms with E-state index in [1.807, 2.05) is 44.3 Å². The fraction of sp³-hybridized carbons (Fsp3) is 0.333. The predicted octanol–water partition coefficient (Wildman–Crippen LogP) is 0.901. The number of carbonyl (C=O) groups is 1. The van der Waals surface area contributed by atoms with Gasteiger partial charge in [-0.25, -0.2) is 4.99 Å². The van der Waals surface area contributed by atoms with E-state index in [0.29, 0.717) is 15.1 Å². The number of esters is 1. The lowest BCUT2D eigenvalue weighted by molar-refractivity contribution is -0.158. The van der Waals surface area contributed by atoms with Crippen LogP contribution in [0.5, 0.6) is 5.75 Å². The Morgan fingerprint density at radius 1 is 1.37 bits per heavy atom. The number of thiazole rings is 1. The molecular formula is C21H20N4O4S. The van der Waals surface area contributed by atoms with Crippen LogP contribution >= 0.6 is 11.3 Å². The van der Waals surface area contributed by atoms with E-state index in [1.165, 1.54) is 18.4 Å². The molecule has 0 spiro atoms. The molecule has 0 amide bonds. The molecule has 3 aromatic rings. The van der Waals surface area contributed by atoms with E-state index < -0.39 is 23.7 Å². The van der Waals surface area contributed by atoms with Crippen LogP contribution in [-0.4, -0.2) is 33.2 Å². The van der Waals surface area contributed by atoms with Crippen molar-refractivity contribution in [2.24, 2.45) is 18.0 Å². The molecule has 30 heavy (non-hydrogen) atoms. The summed E-state index contributed by atoms with van der Waals surface area (Å²) in [6, 6.07) is 6.88. The molecule has 0 aliphatic carbocycles. The van der Waals surface area contributed by atoms with Gasteiger partial charge in [0, 0.05) is 23.9 Å². The lowest BCUT2D eigenvalue weighted by atomic mass is 9.81. The molecule has 0 fully saturated rings. The minimum Gasteiger partial charge on any atom is -0.469 e. The molecule has 154 valence electrons. The maximum atomic E-state index is 13.5. The summed E-state index contributed by atoms with van der Waals surface area (Å²) in [7, 11) is 3.19. The van der Waals surface area contributed by atoms with E-state index in [9.17, 15) is 9.59 Å². The molecule has 2 aromatic heterocycles. The zero-order chi connectivity index (χ0) is 21.2. The van der Waals surface area contributed by atoms with Gasteiger partial charge in [0.1, 0.15) is 11.7 Å². The Morgan fingerprint density at radius 3 is 2.83 bits per heavy atom. The van der Waals surface area contributed by atoms with Crippen LogP contribution < -0.4 is 19.6 Å². The summed E-state index contributed by atoms with van der Waals surface area (Å²) in [6.45, 7) is 3.71. The topological polar surface area (TPSA) is 87.7 Å². The number of benzene rings is 1. The van der Waals surface area contributed by atoms with Gasteiger partial charge in [0.25, 0.3) is 5.56 Å². The van der Waals surface area contributed by atoms with Crippen molar-refractivity contribution in [2.45, 2.75) is 25.6 Å². The number of ether oxygens (including phenoxy) is 2. The summed E-state index contributed by atoms with van der Waals surface area (Å²) >= 11 is 1.29. The number of methoxy groups -OCH3 is 1. The summed E-state index contributed by atoms with van der Waals surface area (Å²) < 4.78 is 15.1. The van der Waals surface area contributed by atoms with Crippen LogP contribution in [0.15, 0.2) is 40.2 Å². The average Bonchev–Trinajstić information content (AvgIpc) is 3.19. The van der Waals surface area contributed by atoms with Gasteiger partial charge in [0.2, 0.25) is 5.72 Å². The molecule has 0 saturated carbocycles. The number of fused-ring (bicyclic) bond motifs is 6. The van der Waals surface area contributed by atoms with E-state index in [-0.39, 0.29) is 5.56 Å². The molecule has 1 aromatic carbocycles. The number of carbonyl (C=O) groups excluding carboxylic acids is 1. The van der Waals surface area contributed by atoms with Crippen molar-refractivity contribution in [3.63, 3.8) is 0 Å². The summed E-state index contributed by atoms with van der Waals surface area (Å²) in [6.07, 6.45) is 3.55. The zero-order valence-electron chi connectivity index (χ0n) is 16.9. The molecule has 5 rings (SSSR count). The first-order chi connectivity index (χ1) is 14.3. The van der Waals surface area contributed by atoms with Crippen molar-refractivity contribution in [1.29, 1.82) is 0 Å². The number of rotatable bonds is 2. The van der Waals surface area contributed by atoms with E-state index in [1.54, 1.807) is 22.4 Å². The molecule has 4 heterocycles. The van der Waals surface area contributed by atoms with E-state index in [2.05, 4.69) is 5.10 Å². The smallest absolute Gasteiger partial charge is 0.317 e. The minimum absolute atomic E-state index is 0.195. The Kier molecular flexibility index (Phi) is 4.01. The quantitative estimate of drug-likeness (QED) is 0.571. The molecule has 2 bridgehead atoms. The SMILES string of the molecule is COC(=O)[C@@H]1[C@@H]2c3ccccc3O[C@]1(C)N=c1s/c(=C/c3cnn(C)c3C)c(=O)n12. The first-order valence-electron chi connectivity index (χ1n) is 9.51. The molecule has 2 aliphatic rings. The third-order valence-electron chi connectivity index (χ3n) is 5.89. The van der Waals surface area contributed by atoms with Crippen molar-refractivity contribution in [3.8, 4) is 5.75 Å². The molecule has 9 heteroatoms. The van der Waals surface area contributed by atoms with Crippen LogP contribution in [0, 0.1) is 12.8 Å². The summed E-state index contributed by atoms with van der Waals surface area (Å²) in [5.41, 5.74) is 1.23. The Labute approximate surface area is 175 Å². The highest BCUT2D eigenvalue weighted by molar-refractivity contribution is 7.07. The highest BCUT2D eigenvalue weighted by Gasteiger charge is 2.55. The van der Waals surface area contributed by atoms with Gasteiger partial charge in [-0.15, -0.1) is 0 Å². The Hall–Kier alpha value is -3.20. The van der Waals surface area contributed by atoms with Gasteiger partial charge in [-0.05, 0) is 26.0 Å². The van der Waals surface area contributed by atoms with Crippen molar-refractivity contribution in [3.05, 3.63) is 67.0 Å². The van der Waals surface area contributed by atoms with Gasteiger partial charge in [-0.2, -0.15) is 5.10 Å². The number of hydrogen-bond acceptors (Lipinski definition) is 7. The number of para-hydroxylation sites is 1. The Bertz CT molecular complexity index is 1370. The molecular weight excluding hydrogens is 404 g/mol. The number of hydrogen-bond donors (Lipinski definition) is 0. The lowest BCUT2D eigenvalue weighted by Gasteiger charge is -2.44. The first kappa shape index (κ1) is 18.8. The maximum absolute atomic E-state index is 13.5. The molecule has 3 atom stereocenters. The number of aromatic nitrogens is 3. The monoisotopic (exact) mass is 424 g/mol. The molecule has 0 unspecified atom stereocenters. The standard InChI is InChI=1S/C21H20N4O4S/c1-11-12(10-22-24(11)3)9-15-18(26)25-17-13-7-5-6-8-14(13)29-21(2,23-20(25)30-15)16(17)19(27)28-4/h5-10,16-17H,1-4H3/b15-9+/t16-,17-,21-/m0/s1. The van der Waals surface area contributed by atoms with Crippen LogP contribution in [0.1, 0.15) is 29.8 Å². The predicted molar refractivity (Wildman–Crippen MR) is 110 cm³/mol. The minimum atomic E-state index is -1.16. The van der Waals surface area contributed by atoms with Crippen LogP contribution in [0.3, 0.4) is 0 Å². The zero-order valence-corrected chi connectivity index (χ0v) is 17.8. The lowest BCUT2D eigenvalue weighted by Crippen LogP contribution is -2.58. The molecule has 0 saturated heterocycles. The Morgan fingerprint density at radius 2 is 2.13 bits per heavy atom.